The third kappa shape index (κ3) is 6.81. The van der Waals surface area contributed by atoms with Gasteiger partial charge in [0.25, 0.3) is 0 Å². The van der Waals surface area contributed by atoms with Gasteiger partial charge in [-0.3, -0.25) is 9.59 Å². The summed E-state index contributed by atoms with van der Waals surface area (Å²) < 4.78 is 15.6. The Hall–Kier alpha value is -4.37. The first kappa shape index (κ1) is 25.3. The molecule has 0 saturated heterocycles. The molecule has 180 valence electrons. The molecular formula is C25H22ClN3O6. The minimum Gasteiger partial charge on any atom is -0.497 e. The third-order valence-corrected chi connectivity index (χ3v) is 5.00. The van der Waals surface area contributed by atoms with Crippen LogP contribution < -0.4 is 25.0 Å². The number of methoxy groups -OCH3 is 2. The first-order valence-corrected chi connectivity index (χ1v) is 10.6. The number of carbonyl (C=O) groups is 3. The van der Waals surface area contributed by atoms with Crippen molar-refractivity contribution >= 4 is 40.8 Å². The molecule has 0 bridgehead atoms. The Bertz CT molecular complexity index is 1260. The van der Waals surface area contributed by atoms with Gasteiger partial charge in [-0.1, -0.05) is 11.6 Å². The van der Waals surface area contributed by atoms with Gasteiger partial charge in [0, 0.05) is 11.1 Å². The molecule has 3 rings (SSSR count). The number of benzene rings is 3. The van der Waals surface area contributed by atoms with Crippen molar-refractivity contribution in [2.75, 3.05) is 19.5 Å². The van der Waals surface area contributed by atoms with Gasteiger partial charge in [-0.25, -0.2) is 10.2 Å². The van der Waals surface area contributed by atoms with E-state index in [-0.39, 0.29) is 5.69 Å². The number of carbonyl (C=O) groups excluding carboxylic acids is 3. The summed E-state index contributed by atoms with van der Waals surface area (Å²) in [5.41, 5.74) is 3.92. The van der Waals surface area contributed by atoms with Crippen molar-refractivity contribution in [3.63, 3.8) is 0 Å². The Morgan fingerprint density at radius 2 is 1.43 bits per heavy atom. The van der Waals surface area contributed by atoms with Gasteiger partial charge in [0.15, 0.2) is 0 Å². The fourth-order valence-corrected chi connectivity index (χ4v) is 2.98. The van der Waals surface area contributed by atoms with Crippen molar-refractivity contribution in [1.29, 1.82) is 0 Å². The summed E-state index contributed by atoms with van der Waals surface area (Å²) in [6.07, 6.45) is 0. The van der Waals surface area contributed by atoms with E-state index < -0.39 is 17.8 Å². The van der Waals surface area contributed by atoms with Crippen LogP contribution in [0.1, 0.15) is 22.8 Å². The highest BCUT2D eigenvalue weighted by Crippen LogP contribution is 2.28. The van der Waals surface area contributed by atoms with E-state index >= 15 is 0 Å². The van der Waals surface area contributed by atoms with Crippen molar-refractivity contribution < 1.29 is 28.6 Å². The van der Waals surface area contributed by atoms with Crippen LogP contribution >= 0.6 is 11.6 Å². The number of hydrogen-bond donors (Lipinski definition) is 2. The van der Waals surface area contributed by atoms with Crippen LogP contribution in [0.5, 0.6) is 17.2 Å². The lowest BCUT2D eigenvalue weighted by Gasteiger charge is -2.11. The summed E-state index contributed by atoms with van der Waals surface area (Å²) in [6, 6.07) is 17.6. The van der Waals surface area contributed by atoms with Crippen molar-refractivity contribution in [1.82, 2.24) is 5.43 Å². The largest absolute Gasteiger partial charge is 0.497 e. The lowest BCUT2D eigenvalue weighted by Crippen LogP contribution is -2.33. The van der Waals surface area contributed by atoms with Crippen molar-refractivity contribution in [2.24, 2.45) is 5.10 Å². The number of anilines is 1. The van der Waals surface area contributed by atoms with E-state index in [1.54, 1.807) is 67.6 Å². The second-order valence-corrected chi connectivity index (χ2v) is 7.52. The molecule has 10 heteroatoms. The average Bonchev–Trinajstić information content (AvgIpc) is 2.87. The molecule has 2 N–H and O–H groups in total. The van der Waals surface area contributed by atoms with Gasteiger partial charge in [0.1, 0.15) is 17.2 Å². The molecule has 9 nitrogen and oxygen atoms in total. The molecule has 0 spiro atoms. The second-order valence-electron chi connectivity index (χ2n) is 7.08. The van der Waals surface area contributed by atoms with Crippen molar-refractivity contribution in [2.45, 2.75) is 6.92 Å². The minimum absolute atomic E-state index is 0.274. The maximum absolute atomic E-state index is 12.3. The number of hydrazone groups is 1. The van der Waals surface area contributed by atoms with Gasteiger partial charge in [0.2, 0.25) is 0 Å². The monoisotopic (exact) mass is 495 g/mol. The van der Waals surface area contributed by atoms with Crippen LogP contribution in [0.15, 0.2) is 71.8 Å². The van der Waals surface area contributed by atoms with E-state index in [4.69, 9.17) is 25.8 Å². The summed E-state index contributed by atoms with van der Waals surface area (Å²) in [6.45, 7) is 1.65. The van der Waals surface area contributed by atoms with Crippen LogP contribution in [-0.2, 0) is 9.59 Å². The zero-order valence-corrected chi connectivity index (χ0v) is 19.9. The molecule has 35 heavy (non-hydrogen) atoms. The van der Waals surface area contributed by atoms with Crippen LogP contribution in [0.25, 0.3) is 0 Å². The highest BCUT2D eigenvalue weighted by atomic mass is 35.5. The summed E-state index contributed by atoms with van der Waals surface area (Å²) in [7, 11) is 2.92. The Morgan fingerprint density at radius 3 is 2.06 bits per heavy atom. The third-order valence-electron chi connectivity index (χ3n) is 4.75. The molecule has 0 heterocycles. The number of nitrogens with one attached hydrogen (secondary N) is 2. The Kier molecular flexibility index (Phi) is 8.42. The van der Waals surface area contributed by atoms with Gasteiger partial charge in [-0.2, -0.15) is 5.10 Å². The molecule has 3 aromatic rings. The fraction of sp³-hybridized carbons (Fsp3) is 0.120. The first-order valence-electron chi connectivity index (χ1n) is 10.3. The fourth-order valence-electron chi connectivity index (χ4n) is 2.86. The molecule has 0 aliphatic carbocycles. The summed E-state index contributed by atoms with van der Waals surface area (Å²) in [4.78, 5) is 36.7. The normalized spacial score (nSPS) is 10.8. The van der Waals surface area contributed by atoms with Gasteiger partial charge < -0.3 is 19.5 Å². The lowest BCUT2D eigenvalue weighted by atomic mass is 10.1. The lowest BCUT2D eigenvalue weighted by molar-refractivity contribution is -0.136. The molecule has 0 saturated carbocycles. The summed E-state index contributed by atoms with van der Waals surface area (Å²) in [5.74, 6) is -1.25. The highest BCUT2D eigenvalue weighted by molar-refractivity contribution is 6.39. The molecule has 0 unspecified atom stereocenters. The van der Waals surface area contributed by atoms with E-state index in [9.17, 15) is 14.4 Å². The Labute approximate surface area is 206 Å². The van der Waals surface area contributed by atoms with E-state index in [1.807, 2.05) is 0 Å². The molecule has 0 aliphatic rings. The maximum Gasteiger partial charge on any atom is 0.343 e. The first-order chi connectivity index (χ1) is 16.8. The van der Waals surface area contributed by atoms with Crippen LogP contribution in [0.3, 0.4) is 0 Å². The van der Waals surface area contributed by atoms with E-state index in [2.05, 4.69) is 15.8 Å². The molecule has 0 fully saturated rings. The molecule has 3 aromatic carbocycles. The van der Waals surface area contributed by atoms with E-state index in [0.717, 1.165) is 0 Å². The smallest absolute Gasteiger partial charge is 0.343 e. The number of halogens is 1. The second kappa shape index (κ2) is 11.7. The van der Waals surface area contributed by atoms with Crippen LogP contribution in [0, 0.1) is 0 Å². The molecule has 0 aliphatic heterocycles. The zero-order valence-electron chi connectivity index (χ0n) is 19.1. The topological polar surface area (TPSA) is 115 Å². The predicted molar refractivity (Wildman–Crippen MR) is 131 cm³/mol. The standard InChI is InChI=1S/C25H22ClN3O6/c1-15(16-6-10-19(11-7-16)35-25(32)17-4-8-18(26)9-5-17)28-29-24(31)23(30)27-21-14-20(33-2)12-13-22(21)34-3/h4-14H,1-3H3,(H,27,30)(H,29,31)/b28-15+. The molecular weight excluding hydrogens is 474 g/mol. The molecule has 2 amide bonds. The van der Waals surface area contributed by atoms with Gasteiger partial charge in [-0.15, -0.1) is 0 Å². The van der Waals surface area contributed by atoms with Crippen LogP contribution in [0.4, 0.5) is 5.69 Å². The zero-order chi connectivity index (χ0) is 25.4. The maximum atomic E-state index is 12.3. The quantitative estimate of drug-likeness (QED) is 0.168. The predicted octanol–water partition coefficient (Wildman–Crippen LogP) is 4.06. The molecule has 0 radical (unpaired) electrons. The minimum atomic E-state index is -0.970. The van der Waals surface area contributed by atoms with Gasteiger partial charge >= 0.3 is 17.8 Å². The van der Waals surface area contributed by atoms with E-state index in [0.29, 0.717) is 39.1 Å². The Morgan fingerprint density at radius 1 is 0.800 bits per heavy atom. The Balaban J connectivity index is 1.59. The number of ether oxygens (including phenoxy) is 3. The average molecular weight is 496 g/mol. The highest BCUT2D eigenvalue weighted by Gasteiger charge is 2.16. The molecule has 0 atom stereocenters. The van der Waals surface area contributed by atoms with Gasteiger partial charge in [0.05, 0.1) is 31.2 Å². The van der Waals surface area contributed by atoms with E-state index in [1.165, 1.54) is 20.3 Å². The van der Waals surface area contributed by atoms with Crippen LogP contribution in [-0.4, -0.2) is 37.7 Å². The number of esters is 1. The number of hydrogen-bond acceptors (Lipinski definition) is 7. The van der Waals surface area contributed by atoms with Crippen molar-refractivity contribution in [3.8, 4) is 17.2 Å². The van der Waals surface area contributed by atoms with Gasteiger partial charge in [-0.05, 0) is 73.2 Å². The van der Waals surface area contributed by atoms with Crippen LogP contribution in [0.2, 0.25) is 5.02 Å². The number of amides is 2. The SMILES string of the molecule is COc1ccc(OC)c(NC(=O)C(=O)N/N=C(\C)c2ccc(OC(=O)c3ccc(Cl)cc3)cc2)c1. The summed E-state index contributed by atoms with van der Waals surface area (Å²) >= 11 is 5.82. The number of rotatable bonds is 7. The van der Waals surface area contributed by atoms with Crippen molar-refractivity contribution in [3.05, 3.63) is 82.9 Å². The number of nitrogens with zero attached hydrogens (tertiary/aromatic N) is 1. The summed E-state index contributed by atoms with van der Waals surface area (Å²) in [5, 5.41) is 6.94. The molecule has 0 aromatic heterocycles.